The maximum Gasteiger partial charge on any atom is 0.213 e. The summed E-state index contributed by atoms with van der Waals surface area (Å²) in [6, 6.07) is 10.2. The first-order valence-corrected chi connectivity index (χ1v) is 11.0. The van der Waals surface area contributed by atoms with Gasteiger partial charge in [0.2, 0.25) is 5.88 Å². The highest BCUT2D eigenvalue weighted by atomic mass is 32.2. The Kier molecular flexibility index (Phi) is 6.99. The number of unbranched alkanes of at least 4 members (excludes halogenated alkanes) is 3. The number of pyridine rings is 1. The van der Waals surface area contributed by atoms with Crippen LogP contribution in [0, 0.1) is 0 Å². The standard InChI is InChI=1S/C22H25N5O2S/c28-11-3-1-2-4-12-29-20-8-6-17(15-26-20)25-14-16-5-7-19-18(13-16)27-21-22(30-19)24-10-9-23-21/h5-10,13,15,25,28H,1-4,11-12,14H2,(H,23,27). The fourth-order valence-electron chi connectivity index (χ4n) is 3.11. The van der Waals surface area contributed by atoms with E-state index in [-0.39, 0.29) is 6.61 Å². The topological polar surface area (TPSA) is 92.2 Å². The Bertz CT molecular complexity index is 968. The molecule has 0 aliphatic carbocycles. The SMILES string of the molecule is OCCCCCCOc1ccc(NCc2ccc3c(c2)Nc2nccnc2S3)cn1. The smallest absolute Gasteiger partial charge is 0.213 e. The molecule has 0 amide bonds. The summed E-state index contributed by atoms with van der Waals surface area (Å²) in [5, 5.41) is 16.4. The van der Waals surface area contributed by atoms with E-state index in [0.717, 1.165) is 58.4 Å². The summed E-state index contributed by atoms with van der Waals surface area (Å²) in [4.78, 5) is 14.2. The highest BCUT2D eigenvalue weighted by Gasteiger charge is 2.17. The Morgan fingerprint density at radius 2 is 1.90 bits per heavy atom. The molecule has 0 bridgehead atoms. The number of nitrogens with one attached hydrogen (secondary N) is 2. The number of ether oxygens (including phenoxy) is 1. The molecule has 0 fully saturated rings. The van der Waals surface area contributed by atoms with Gasteiger partial charge in [-0.2, -0.15) is 0 Å². The Labute approximate surface area is 180 Å². The molecule has 4 rings (SSSR count). The summed E-state index contributed by atoms with van der Waals surface area (Å²) in [6.45, 7) is 1.61. The molecule has 0 unspecified atom stereocenters. The number of rotatable bonds is 10. The van der Waals surface area contributed by atoms with Crippen molar-refractivity contribution in [1.29, 1.82) is 0 Å². The van der Waals surface area contributed by atoms with Crippen molar-refractivity contribution in [2.75, 3.05) is 23.8 Å². The average molecular weight is 424 g/mol. The highest BCUT2D eigenvalue weighted by molar-refractivity contribution is 7.99. The highest BCUT2D eigenvalue weighted by Crippen LogP contribution is 2.42. The molecular weight excluding hydrogens is 398 g/mol. The monoisotopic (exact) mass is 423 g/mol. The average Bonchev–Trinajstić information content (AvgIpc) is 2.79. The summed E-state index contributed by atoms with van der Waals surface area (Å²) >= 11 is 1.63. The largest absolute Gasteiger partial charge is 0.478 e. The van der Waals surface area contributed by atoms with Crippen LogP contribution in [0.2, 0.25) is 0 Å². The first kappa shape index (κ1) is 20.4. The molecule has 0 atom stereocenters. The summed E-state index contributed by atoms with van der Waals surface area (Å²) in [5.41, 5.74) is 3.16. The lowest BCUT2D eigenvalue weighted by molar-refractivity contribution is 0.270. The first-order chi connectivity index (χ1) is 14.8. The molecule has 156 valence electrons. The maximum absolute atomic E-state index is 8.78. The van der Waals surface area contributed by atoms with Crippen LogP contribution in [0.1, 0.15) is 31.2 Å². The van der Waals surface area contributed by atoms with Crippen molar-refractivity contribution in [1.82, 2.24) is 15.0 Å². The molecule has 0 spiro atoms. The molecule has 0 saturated heterocycles. The van der Waals surface area contributed by atoms with Crippen molar-refractivity contribution >= 4 is 29.0 Å². The third-order valence-electron chi connectivity index (χ3n) is 4.70. The van der Waals surface area contributed by atoms with Crippen LogP contribution < -0.4 is 15.4 Å². The lowest BCUT2D eigenvalue weighted by Crippen LogP contribution is -2.05. The molecule has 1 aliphatic heterocycles. The van der Waals surface area contributed by atoms with E-state index < -0.39 is 0 Å². The minimum absolute atomic E-state index is 0.264. The molecule has 7 nitrogen and oxygen atoms in total. The number of nitrogens with zero attached hydrogens (tertiary/aromatic N) is 3. The minimum Gasteiger partial charge on any atom is -0.478 e. The minimum atomic E-state index is 0.264. The molecule has 1 aliphatic rings. The number of aliphatic hydroxyl groups is 1. The number of anilines is 3. The van der Waals surface area contributed by atoms with Gasteiger partial charge in [0, 0.05) is 36.5 Å². The van der Waals surface area contributed by atoms with Gasteiger partial charge in [0.1, 0.15) is 5.03 Å². The van der Waals surface area contributed by atoms with E-state index in [9.17, 15) is 0 Å². The van der Waals surface area contributed by atoms with Gasteiger partial charge in [-0.3, -0.25) is 0 Å². The number of fused-ring (bicyclic) bond motifs is 2. The van der Waals surface area contributed by atoms with Crippen LogP contribution in [0.4, 0.5) is 17.2 Å². The Balaban J connectivity index is 1.26. The van der Waals surface area contributed by atoms with Crippen LogP contribution in [0.5, 0.6) is 5.88 Å². The van der Waals surface area contributed by atoms with Crippen LogP contribution in [0.25, 0.3) is 0 Å². The van der Waals surface area contributed by atoms with Gasteiger partial charge < -0.3 is 20.5 Å². The van der Waals surface area contributed by atoms with Crippen molar-refractivity contribution in [2.24, 2.45) is 0 Å². The third kappa shape index (κ3) is 5.40. The van der Waals surface area contributed by atoms with Gasteiger partial charge in [-0.15, -0.1) is 0 Å². The van der Waals surface area contributed by atoms with E-state index >= 15 is 0 Å². The predicted octanol–water partition coefficient (Wildman–Crippen LogP) is 4.62. The molecular formula is C22H25N5O2S. The van der Waals surface area contributed by atoms with Crippen LogP contribution in [0.15, 0.2) is 58.8 Å². The van der Waals surface area contributed by atoms with Crippen molar-refractivity contribution in [3.05, 3.63) is 54.5 Å². The van der Waals surface area contributed by atoms with Gasteiger partial charge in [0.05, 0.1) is 24.2 Å². The number of hydrogen-bond donors (Lipinski definition) is 3. The van der Waals surface area contributed by atoms with Crippen LogP contribution in [0.3, 0.4) is 0 Å². The van der Waals surface area contributed by atoms with Crippen molar-refractivity contribution in [3.63, 3.8) is 0 Å². The zero-order valence-corrected chi connectivity index (χ0v) is 17.5. The van der Waals surface area contributed by atoms with E-state index in [1.54, 1.807) is 30.4 Å². The van der Waals surface area contributed by atoms with Crippen LogP contribution >= 0.6 is 11.8 Å². The predicted molar refractivity (Wildman–Crippen MR) is 118 cm³/mol. The van der Waals surface area contributed by atoms with E-state index in [1.165, 1.54) is 0 Å². The first-order valence-electron chi connectivity index (χ1n) is 10.1. The molecule has 0 saturated carbocycles. The Hall–Kier alpha value is -2.84. The zero-order chi connectivity index (χ0) is 20.6. The molecule has 3 aromatic rings. The summed E-state index contributed by atoms with van der Waals surface area (Å²) in [5.74, 6) is 1.44. The number of hydrogen-bond acceptors (Lipinski definition) is 8. The van der Waals surface area contributed by atoms with Gasteiger partial charge >= 0.3 is 0 Å². The second-order valence-corrected chi connectivity index (χ2v) is 8.02. The van der Waals surface area contributed by atoms with Crippen molar-refractivity contribution in [2.45, 2.75) is 42.1 Å². The molecule has 2 aromatic heterocycles. The van der Waals surface area contributed by atoms with Gasteiger partial charge in [0.15, 0.2) is 5.82 Å². The van der Waals surface area contributed by atoms with Crippen LogP contribution in [-0.4, -0.2) is 33.3 Å². The van der Waals surface area contributed by atoms with Crippen LogP contribution in [-0.2, 0) is 6.54 Å². The second kappa shape index (κ2) is 10.3. The van der Waals surface area contributed by atoms with Gasteiger partial charge in [0.25, 0.3) is 0 Å². The molecule has 3 N–H and O–H groups in total. The van der Waals surface area contributed by atoms with E-state index in [2.05, 4.69) is 43.8 Å². The van der Waals surface area contributed by atoms with Gasteiger partial charge in [-0.25, -0.2) is 15.0 Å². The van der Waals surface area contributed by atoms with Crippen molar-refractivity contribution in [3.8, 4) is 5.88 Å². The lowest BCUT2D eigenvalue weighted by atomic mass is 10.2. The Morgan fingerprint density at radius 1 is 1.00 bits per heavy atom. The molecule has 30 heavy (non-hydrogen) atoms. The molecule has 3 heterocycles. The molecule has 0 radical (unpaired) electrons. The number of benzene rings is 1. The molecule has 1 aromatic carbocycles. The zero-order valence-electron chi connectivity index (χ0n) is 16.7. The normalized spacial score (nSPS) is 11.9. The maximum atomic E-state index is 8.78. The lowest BCUT2D eigenvalue weighted by Gasteiger charge is -2.19. The van der Waals surface area contributed by atoms with E-state index in [0.29, 0.717) is 19.0 Å². The number of aromatic nitrogens is 3. The quantitative estimate of drug-likeness (QED) is 0.318. The number of aliphatic hydroxyl groups excluding tert-OH is 1. The van der Waals surface area contributed by atoms with Gasteiger partial charge in [-0.1, -0.05) is 24.2 Å². The summed E-state index contributed by atoms with van der Waals surface area (Å²) in [7, 11) is 0. The van der Waals surface area contributed by atoms with E-state index in [4.69, 9.17) is 9.84 Å². The fourth-order valence-corrected chi connectivity index (χ4v) is 3.99. The molecule has 8 heteroatoms. The summed E-state index contributed by atoms with van der Waals surface area (Å²) < 4.78 is 5.67. The summed E-state index contributed by atoms with van der Waals surface area (Å²) in [6.07, 6.45) is 9.13. The van der Waals surface area contributed by atoms with E-state index in [1.807, 2.05) is 12.1 Å². The fraction of sp³-hybridized carbons (Fsp3) is 0.318. The van der Waals surface area contributed by atoms with Gasteiger partial charge in [-0.05, 0) is 43.0 Å². The third-order valence-corrected chi connectivity index (χ3v) is 5.77. The second-order valence-electron chi connectivity index (χ2n) is 6.99. The Morgan fingerprint density at radius 3 is 2.77 bits per heavy atom. The van der Waals surface area contributed by atoms with Crippen molar-refractivity contribution < 1.29 is 9.84 Å².